The number of pyridine rings is 1. The number of likely N-dealkylation sites (tertiary alicyclic amines) is 1. The maximum Gasteiger partial charge on any atom is 0.315 e. The van der Waals surface area contributed by atoms with E-state index in [4.69, 9.17) is 4.84 Å². The van der Waals surface area contributed by atoms with E-state index >= 15 is 0 Å². The molecule has 15 nitrogen and oxygen atoms in total. The quantitative estimate of drug-likeness (QED) is 0.0951. The Labute approximate surface area is 316 Å². The summed E-state index contributed by atoms with van der Waals surface area (Å²) in [5, 5.41) is 11.1. The van der Waals surface area contributed by atoms with Crippen molar-refractivity contribution in [2.75, 3.05) is 26.7 Å². The van der Waals surface area contributed by atoms with Crippen LogP contribution in [-0.4, -0.2) is 102 Å². The maximum absolute atomic E-state index is 14.5. The Morgan fingerprint density at radius 1 is 1.00 bits per heavy atom. The van der Waals surface area contributed by atoms with Gasteiger partial charge in [-0.2, -0.15) is 0 Å². The Hall–Kier alpha value is -4.82. The molecule has 0 aromatic carbocycles. The van der Waals surface area contributed by atoms with Gasteiger partial charge in [0, 0.05) is 23.9 Å². The summed E-state index contributed by atoms with van der Waals surface area (Å²) in [5.74, 6) is -3.42. The highest BCUT2D eigenvalue weighted by molar-refractivity contribution is 6.38. The third kappa shape index (κ3) is 8.14. The normalized spacial score (nSPS) is 23.0. The van der Waals surface area contributed by atoms with E-state index in [9.17, 15) is 33.6 Å². The van der Waals surface area contributed by atoms with Crippen molar-refractivity contribution in [1.82, 2.24) is 31.1 Å². The van der Waals surface area contributed by atoms with Gasteiger partial charge < -0.3 is 26.2 Å². The second-order valence-electron chi connectivity index (χ2n) is 17.9. The fourth-order valence-electron chi connectivity index (χ4n) is 7.76. The Bertz CT molecular complexity index is 1740. The number of hydrogen-bond donors (Lipinski definition) is 4. The molecule has 294 valence electrons. The highest BCUT2D eigenvalue weighted by atomic mass is 16.6. The van der Waals surface area contributed by atoms with Crippen LogP contribution in [-0.2, 0) is 19.2 Å². The molecule has 2 aliphatic heterocycles. The summed E-state index contributed by atoms with van der Waals surface area (Å²) >= 11 is 0. The van der Waals surface area contributed by atoms with Gasteiger partial charge >= 0.3 is 6.03 Å². The van der Waals surface area contributed by atoms with Gasteiger partial charge in [-0.1, -0.05) is 74.3 Å². The number of fused-ring (bicyclic) bond motifs is 2. The lowest BCUT2D eigenvalue weighted by atomic mass is 9.85. The minimum absolute atomic E-state index is 0.0309. The van der Waals surface area contributed by atoms with Crippen LogP contribution in [0, 0.1) is 34.0 Å². The summed E-state index contributed by atoms with van der Waals surface area (Å²) < 4.78 is 1.32. The second-order valence-corrected chi connectivity index (χ2v) is 17.9. The van der Waals surface area contributed by atoms with Crippen LogP contribution < -0.4 is 30.8 Å². The van der Waals surface area contributed by atoms with Gasteiger partial charge in [-0.15, -0.1) is 6.58 Å². The Balaban J connectivity index is 1.32. The van der Waals surface area contributed by atoms with Crippen LogP contribution in [0.3, 0.4) is 0 Å². The summed E-state index contributed by atoms with van der Waals surface area (Å²) in [6.07, 6.45) is 6.57. The summed E-state index contributed by atoms with van der Waals surface area (Å²) in [6.45, 7) is 19.0. The van der Waals surface area contributed by atoms with Crippen molar-refractivity contribution >= 4 is 41.4 Å². The lowest BCUT2D eigenvalue weighted by Crippen LogP contribution is -2.63. The molecular formula is C39H56N7O8+. The summed E-state index contributed by atoms with van der Waals surface area (Å²) in [5.41, 5.74) is -1.24. The first-order valence-electron chi connectivity index (χ1n) is 18.7. The highest BCUT2D eigenvalue weighted by Crippen LogP contribution is 2.65. The molecule has 1 saturated heterocycles. The van der Waals surface area contributed by atoms with E-state index in [1.165, 1.54) is 41.3 Å². The third-order valence-corrected chi connectivity index (χ3v) is 11.5. The van der Waals surface area contributed by atoms with Gasteiger partial charge in [-0.3, -0.25) is 38.5 Å². The molecule has 2 aliphatic carbocycles. The molecule has 3 heterocycles. The maximum atomic E-state index is 14.5. The fourth-order valence-corrected chi connectivity index (χ4v) is 7.76. The third-order valence-electron chi connectivity index (χ3n) is 11.5. The zero-order chi connectivity index (χ0) is 40.1. The molecule has 2 saturated carbocycles. The first kappa shape index (κ1) is 40.4. The topological polar surface area (TPSA) is 187 Å². The van der Waals surface area contributed by atoms with Gasteiger partial charge in [0.1, 0.15) is 24.8 Å². The van der Waals surface area contributed by atoms with Crippen molar-refractivity contribution in [2.24, 2.45) is 34.0 Å². The summed E-state index contributed by atoms with van der Waals surface area (Å²) in [6, 6.07) is -2.91. The second kappa shape index (κ2) is 14.8. The average molecular weight is 751 g/mol. The molecule has 15 heteroatoms. The van der Waals surface area contributed by atoms with E-state index in [0.29, 0.717) is 13.0 Å². The van der Waals surface area contributed by atoms with Gasteiger partial charge in [-0.25, -0.2) is 4.79 Å². The number of nitrogens with zero attached hydrogens (tertiary/aromatic N) is 3. The zero-order valence-corrected chi connectivity index (χ0v) is 32.9. The van der Waals surface area contributed by atoms with Gasteiger partial charge in [0.05, 0.1) is 24.2 Å². The van der Waals surface area contributed by atoms with Crippen molar-refractivity contribution in [3.05, 3.63) is 42.2 Å². The average Bonchev–Trinajstić information content (AvgIpc) is 3.92. The molecule has 3 fully saturated rings. The van der Waals surface area contributed by atoms with E-state index in [0.717, 1.165) is 17.7 Å². The van der Waals surface area contributed by atoms with E-state index in [2.05, 4.69) is 27.8 Å². The Kier molecular flexibility index (Phi) is 11.0. The number of rotatable bonds is 14. The lowest BCUT2D eigenvalue weighted by molar-refractivity contribution is -0.885. The van der Waals surface area contributed by atoms with E-state index < -0.39 is 76.3 Å². The van der Waals surface area contributed by atoms with Crippen LogP contribution in [0.5, 0.6) is 0 Å². The number of ketones is 1. The Morgan fingerprint density at radius 3 is 2.22 bits per heavy atom. The van der Waals surface area contributed by atoms with Crippen LogP contribution in [0.4, 0.5) is 4.79 Å². The number of hydrogen-bond acceptors (Lipinski definition) is 8. The van der Waals surface area contributed by atoms with Gasteiger partial charge in [0.15, 0.2) is 0 Å². The largest absolute Gasteiger partial charge is 0.346 e. The molecule has 54 heavy (non-hydrogen) atoms. The molecule has 4 N–H and O–H groups in total. The van der Waals surface area contributed by atoms with Crippen LogP contribution in [0.2, 0.25) is 0 Å². The molecule has 1 unspecified atom stereocenters. The molecule has 1 aromatic heterocycles. The summed E-state index contributed by atoms with van der Waals surface area (Å²) in [4.78, 5) is 103. The molecule has 5 rings (SSSR count). The zero-order valence-electron chi connectivity index (χ0n) is 32.9. The van der Waals surface area contributed by atoms with Crippen LogP contribution in [0.25, 0.3) is 0 Å². The van der Waals surface area contributed by atoms with E-state index in [1.807, 2.05) is 55.4 Å². The van der Waals surface area contributed by atoms with Crippen molar-refractivity contribution in [3.8, 4) is 0 Å². The number of piperidine rings is 1. The lowest BCUT2D eigenvalue weighted by Gasteiger charge is -2.39. The van der Waals surface area contributed by atoms with Crippen molar-refractivity contribution in [3.63, 3.8) is 0 Å². The predicted octanol–water partition coefficient (Wildman–Crippen LogP) is 1.40. The molecule has 0 bridgehead atoms. The van der Waals surface area contributed by atoms with Crippen molar-refractivity contribution < 1.29 is 43.1 Å². The number of urea groups is 1. The number of amides is 7. The molecular weight excluding hydrogens is 694 g/mol. The minimum atomic E-state index is -1.08. The monoisotopic (exact) mass is 750 g/mol. The molecule has 7 amide bonds. The first-order valence-corrected chi connectivity index (χ1v) is 18.7. The first-order chi connectivity index (χ1) is 25.1. The Morgan fingerprint density at radius 2 is 1.65 bits per heavy atom. The highest BCUT2D eigenvalue weighted by Gasteiger charge is 2.70. The number of Topliss-reactive ketones (excluding diaryl/α,β-unsaturated/α-hetero) is 1. The number of nitrogens with one attached hydrogen (secondary N) is 4. The number of aromatic nitrogens is 1. The van der Waals surface area contributed by atoms with Crippen molar-refractivity contribution in [2.45, 2.75) is 98.8 Å². The van der Waals surface area contributed by atoms with Crippen LogP contribution in [0.15, 0.2) is 31.1 Å². The smallest absolute Gasteiger partial charge is 0.315 e. The summed E-state index contributed by atoms with van der Waals surface area (Å²) in [7, 11) is 1.43. The molecule has 4 aliphatic rings. The number of carbonyl (C=O) groups excluding carboxylic acids is 7. The fraction of sp³-hybridized carbons (Fsp3) is 0.641. The van der Waals surface area contributed by atoms with E-state index in [-0.39, 0.29) is 47.4 Å². The number of imide groups is 1. The SMILES string of the molecule is C=CCNC(=O)C(=O)C(CC1CC1)NC(=O)[C@@H]1[C@@H]2[C@H](CN1C(=O)[C@@H](NC(=O)N[C@H](CN1C(=O)c3cc[n+](OC)cc3C1=O)C(C)(C)C)C(C)(C)C)C2(C)C. The molecule has 0 spiro atoms. The molecule has 1 aromatic rings. The standard InChI is InChI=1S/C39H55N7O8/c1-11-15-40-32(49)29(47)25(17-21-12-13-21)41-31(48)28-27-24(39(27,8)9)19-45(28)35(52)30(38(5,6)7)43-36(53)42-26(37(2,3)4)20-46-33(50)22-14-16-44(54-10)18-23(22)34(46)51/h11,14,16,18,21,24-28,30H,1,12-13,15,17,19-20H2,2-10H3,(H3-,40,41,42,43,48,49,53)/p+1/t24-,25?,26+,27-,28-,30+/m0/s1. The predicted molar refractivity (Wildman–Crippen MR) is 196 cm³/mol. The van der Waals surface area contributed by atoms with Gasteiger partial charge in [-0.05, 0) is 40.4 Å². The van der Waals surface area contributed by atoms with E-state index in [1.54, 1.807) is 0 Å². The van der Waals surface area contributed by atoms with Gasteiger partial charge in [0.2, 0.25) is 30.0 Å². The number of carbonyl (C=O) groups is 7. The van der Waals surface area contributed by atoms with Crippen LogP contribution >= 0.6 is 0 Å². The minimum Gasteiger partial charge on any atom is -0.346 e. The molecule has 6 atom stereocenters. The van der Waals surface area contributed by atoms with Crippen LogP contribution in [0.1, 0.15) is 95.4 Å². The molecule has 0 radical (unpaired) electrons. The van der Waals surface area contributed by atoms with Crippen molar-refractivity contribution in [1.29, 1.82) is 0 Å². The van der Waals surface area contributed by atoms with Gasteiger partial charge in [0.25, 0.3) is 17.7 Å².